The fourth-order valence-corrected chi connectivity index (χ4v) is 5.19. The van der Waals surface area contributed by atoms with Crippen molar-refractivity contribution in [3.8, 4) is 0 Å². The minimum atomic E-state index is 0.748. The Labute approximate surface area is 125 Å². The van der Waals surface area contributed by atoms with Crippen molar-refractivity contribution < 1.29 is 0 Å². The molecule has 1 saturated heterocycles. The van der Waals surface area contributed by atoms with Crippen LogP contribution < -0.4 is 5.32 Å². The Balaban J connectivity index is 1.58. The van der Waals surface area contributed by atoms with E-state index >= 15 is 0 Å². The maximum absolute atomic E-state index is 3.62. The van der Waals surface area contributed by atoms with Crippen LogP contribution in [0.2, 0.25) is 0 Å². The molecule has 0 aromatic heterocycles. The van der Waals surface area contributed by atoms with Gasteiger partial charge in [0.2, 0.25) is 0 Å². The van der Waals surface area contributed by atoms with Gasteiger partial charge in [0.05, 0.1) is 0 Å². The highest BCUT2D eigenvalue weighted by molar-refractivity contribution is 4.93. The summed E-state index contributed by atoms with van der Waals surface area (Å²) in [4.78, 5) is 2.85. The molecule has 1 spiro atoms. The molecule has 0 amide bonds. The molecule has 1 N–H and O–H groups in total. The maximum Gasteiger partial charge on any atom is 0.0249 e. The van der Waals surface area contributed by atoms with Gasteiger partial charge >= 0.3 is 0 Å². The number of rotatable bonds is 2. The standard InChI is InChI=1S/C18H34N2/c1-19-16-8-4-2-5-9-17(16)20-14-12-18(13-15-20)10-6-3-7-11-18/h16-17,19H,2-15H2,1H3. The van der Waals surface area contributed by atoms with E-state index < -0.39 is 0 Å². The predicted molar refractivity (Wildman–Crippen MR) is 86.0 cm³/mol. The third-order valence-electron chi connectivity index (χ3n) is 6.59. The molecule has 116 valence electrons. The first kappa shape index (κ1) is 14.8. The summed E-state index contributed by atoms with van der Waals surface area (Å²) in [6.07, 6.45) is 17.7. The van der Waals surface area contributed by atoms with Crippen LogP contribution in [-0.4, -0.2) is 37.1 Å². The van der Waals surface area contributed by atoms with Gasteiger partial charge in [-0.25, -0.2) is 0 Å². The first-order valence-electron chi connectivity index (χ1n) is 9.24. The summed E-state index contributed by atoms with van der Waals surface area (Å²) in [5, 5.41) is 3.62. The van der Waals surface area contributed by atoms with Crippen LogP contribution in [0.4, 0.5) is 0 Å². The lowest BCUT2D eigenvalue weighted by Gasteiger charge is -2.47. The van der Waals surface area contributed by atoms with Gasteiger partial charge in [-0.3, -0.25) is 4.90 Å². The quantitative estimate of drug-likeness (QED) is 0.769. The zero-order valence-corrected chi connectivity index (χ0v) is 13.5. The lowest BCUT2D eigenvalue weighted by molar-refractivity contribution is 0.0333. The predicted octanol–water partition coefficient (Wildman–Crippen LogP) is 3.95. The lowest BCUT2D eigenvalue weighted by Crippen LogP contribution is -2.53. The molecule has 2 aliphatic carbocycles. The number of nitrogens with zero attached hydrogens (tertiary/aromatic N) is 1. The molecule has 0 bridgehead atoms. The molecule has 1 aliphatic heterocycles. The van der Waals surface area contributed by atoms with E-state index in [1.165, 1.54) is 90.1 Å². The third-order valence-corrected chi connectivity index (χ3v) is 6.59. The molecule has 2 atom stereocenters. The molecule has 0 radical (unpaired) electrons. The molecule has 2 heteroatoms. The average molecular weight is 278 g/mol. The SMILES string of the molecule is CNC1CCCCCC1N1CCC2(CCCCC2)CC1. The van der Waals surface area contributed by atoms with Gasteiger partial charge in [0.25, 0.3) is 0 Å². The largest absolute Gasteiger partial charge is 0.315 e. The molecule has 3 fully saturated rings. The summed E-state index contributed by atoms with van der Waals surface area (Å²) in [5.74, 6) is 0. The summed E-state index contributed by atoms with van der Waals surface area (Å²) in [6, 6.07) is 1.57. The summed E-state index contributed by atoms with van der Waals surface area (Å²) in [6.45, 7) is 2.76. The van der Waals surface area contributed by atoms with E-state index in [0.717, 1.165) is 17.5 Å². The highest BCUT2D eigenvalue weighted by atomic mass is 15.2. The Morgan fingerprint density at radius 3 is 2.15 bits per heavy atom. The second-order valence-corrected chi connectivity index (χ2v) is 7.70. The molecule has 1 heterocycles. The maximum atomic E-state index is 3.62. The van der Waals surface area contributed by atoms with Gasteiger partial charge in [0.1, 0.15) is 0 Å². The van der Waals surface area contributed by atoms with Crippen molar-refractivity contribution in [2.24, 2.45) is 5.41 Å². The van der Waals surface area contributed by atoms with E-state index in [1.54, 1.807) is 0 Å². The summed E-state index contributed by atoms with van der Waals surface area (Å²) in [7, 11) is 2.18. The minimum Gasteiger partial charge on any atom is -0.315 e. The van der Waals surface area contributed by atoms with Crippen molar-refractivity contribution in [2.45, 2.75) is 89.1 Å². The van der Waals surface area contributed by atoms with E-state index in [-0.39, 0.29) is 0 Å². The van der Waals surface area contributed by atoms with Gasteiger partial charge in [0.15, 0.2) is 0 Å². The van der Waals surface area contributed by atoms with Crippen LogP contribution in [0.15, 0.2) is 0 Å². The van der Waals surface area contributed by atoms with E-state index in [1.807, 2.05) is 0 Å². The number of nitrogens with one attached hydrogen (secondary N) is 1. The Bertz CT molecular complexity index is 286. The third kappa shape index (κ3) is 3.22. The lowest BCUT2D eigenvalue weighted by atomic mass is 9.68. The van der Waals surface area contributed by atoms with Crippen LogP contribution in [0.1, 0.15) is 77.0 Å². The first-order chi connectivity index (χ1) is 9.83. The molecule has 20 heavy (non-hydrogen) atoms. The zero-order chi connectivity index (χ0) is 13.8. The Morgan fingerprint density at radius 1 is 0.800 bits per heavy atom. The Morgan fingerprint density at radius 2 is 1.45 bits per heavy atom. The summed E-state index contributed by atoms with van der Waals surface area (Å²) in [5.41, 5.74) is 0.759. The number of hydrogen-bond acceptors (Lipinski definition) is 2. The smallest absolute Gasteiger partial charge is 0.0249 e. The zero-order valence-electron chi connectivity index (χ0n) is 13.5. The van der Waals surface area contributed by atoms with Gasteiger partial charge in [-0.05, 0) is 64.1 Å². The normalized spacial score (nSPS) is 35.9. The fraction of sp³-hybridized carbons (Fsp3) is 1.00. The molecular formula is C18H34N2. The number of likely N-dealkylation sites (N-methyl/N-ethyl adjacent to an activating group) is 1. The van der Waals surface area contributed by atoms with Gasteiger partial charge < -0.3 is 5.32 Å². The summed E-state index contributed by atoms with van der Waals surface area (Å²) >= 11 is 0. The topological polar surface area (TPSA) is 15.3 Å². The van der Waals surface area contributed by atoms with E-state index in [4.69, 9.17) is 0 Å². The van der Waals surface area contributed by atoms with Crippen molar-refractivity contribution in [1.82, 2.24) is 10.2 Å². The van der Waals surface area contributed by atoms with Crippen molar-refractivity contribution in [1.29, 1.82) is 0 Å². The molecule has 0 aromatic rings. The van der Waals surface area contributed by atoms with Crippen LogP contribution in [0.25, 0.3) is 0 Å². The average Bonchev–Trinajstić information content (AvgIpc) is 2.74. The number of likely N-dealkylation sites (tertiary alicyclic amines) is 1. The molecule has 3 rings (SSSR count). The molecule has 2 saturated carbocycles. The van der Waals surface area contributed by atoms with Crippen molar-refractivity contribution in [3.05, 3.63) is 0 Å². The monoisotopic (exact) mass is 278 g/mol. The van der Waals surface area contributed by atoms with Crippen LogP contribution in [0.3, 0.4) is 0 Å². The van der Waals surface area contributed by atoms with Crippen molar-refractivity contribution in [3.63, 3.8) is 0 Å². The van der Waals surface area contributed by atoms with Crippen molar-refractivity contribution >= 4 is 0 Å². The molecule has 2 unspecified atom stereocenters. The second kappa shape index (κ2) is 6.79. The fourth-order valence-electron chi connectivity index (χ4n) is 5.19. The van der Waals surface area contributed by atoms with E-state index in [0.29, 0.717) is 0 Å². The van der Waals surface area contributed by atoms with E-state index in [2.05, 4.69) is 17.3 Å². The molecule has 0 aromatic carbocycles. The van der Waals surface area contributed by atoms with E-state index in [9.17, 15) is 0 Å². The highest BCUT2D eigenvalue weighted by Crippen LogP contribution is 2.45. The van der Waals surface area contributed by atoms with Gasteiger partial charge in [-0.15, -0.1) is 0 Å². The van der Waals surface area contributed by atoms with Crippen LogP contribution in [-0.2, 0) is 0 Å². The van der Waals surface area contributed by atoms with Gasteiger partial charge in [-0.2, -0.15) is 0 Å². The van der Waals surface area contributed by atoms with Crippen LogP contribution >= 0.6 is 0 Å². The number of hydrogen-bond donors (Lipinski definition) is 1. The van der Waals surface area contributed by atoms with Crippen LogP contribution in [0, 0.1) is 5.41 Å². The van der Waals surface area contributed by atoms with Gasteiger partial charge in [0, 0.05) is 12.1 Å². The summed E-state index contributed by atoms with van der Waals surface area (Å²) < 4.78 is 0. The van der Waals surface area contributed by atoms with Crippen LogP contribution in [0.5, 0.6) is 0 Å². The molecular weight excluding hydrogens is 244 g/mol. The molecule has 3 aliphatic rings. The Hall–Kier alpha value is -0.0800. The van der Waals surface area contributed by atoms with Gasteiger partial charge in [-0.1, -0.05) is 38.5 Å². The Kier molecular flexibility index (Phi) is 5.04. The number of piperidine rings is 1. The van der Waals surface area contributed by atoms with Crippen molar-refractivity contribution in [2.75, 3.05) is 20.1 Å². The second-order valence-electron chi connectivity index (χ2n) is 7.70. The highest BCUT2D eigenvalue weighted by Gasteiger charge is 2.38. The molecule has 2 nitrogen and oxygen atoms in total. The first-order valence-corrected chi connectivity index (χ1v) is 9.24. The minimum absolute atomic E-state index is 0.748.